The Balaban J connectivity index is 1.35. The van der Waals surface area contributed by atoms with Crippen LogP contribution in [0, 0.1) is 0 Å². The summed E-state index contributed by atoms with van der Waals surface area (Å²) in [5, 5.41) is 5.07. The quantitative estimate of drug-likeness (QED) is 0.654. The van der Waals surface area contributed by atoms with Crippen molar-refractivity contribution in [1.82, 2.24) is 24.6 Å². The minimum atomic E-state index is -0.114. The number of H-pyrrole nitrogens is 1. The summed E-state index contributed by atoms with van der Waals surface area (Å²) in [6, 6.07) is 8.05. The number of likely N-dealkylation sites (tertiary alicyclic amines) is 1. The molecule has 31 heavy (non-hydrogen) atoms. The molecule has 2 atom stereocenters. The molecule has 3 aromatic rings. The van der Waals surface area contributed by atoms with E-state index in [-0.39, 0.29) is 17.7 Å². The fraction of sp³-hybridized carbons (Fsp3) is 0.522. The predicted octanol–water partition coefficient (Wildman–Crippen LogP) is 3.46. The van der Waals surface area contributed by atoms with Crippen LogP contribution < -0.4 is 15.0 Å². The molecule has 2 aliphatic rings. The van der Waals surface area contributed by atoms with Gasteiger partial charge in [0.15, 0.2) is 17.1 Å². The molecule has 1 N–H and O–H groups in total. The zero-order valence-electron chi connectivity index (χ0n) is 18.1. The Morgan fingerprint density at radius 3 is 2.71 bits per heavy atom. The highest BCUT2D eigenvalue weighted by Gasteiger charge is 2.30. The van der Waals surface area contributed by atoms with Gasteiger partial charge in [0, 0.05) is 13.1 Å². The Labute approximate surface area is 181 Å². The number of hydrogen-bond acceptors (Lipinski definition) is 6. The summed E-state index contributed by atoms with van der Waals surface area (Å²) in [6.07, 6.45) is 7.25. The van der Waals surface area contributed by atoms with Gasteiger partial charge in [-0.15, -0.1) is 0 Å². The highest BCUT2D eigenvalue weighted by molar-refractivity contribution is 5.73. The molecule has 1 saturated carbocycles. The average molecular weight is 424 g/mol. The Hall–Kier alpha value is -2.87. The Morgan fingerprint density at radius 2 is 1.94 bits per heavy atom. The smallest absolute Gasteiger partial charge is 0.262 e. The molecule has 0 bridgehead atoms. The third kappa shape index (κ3) is 3.80. The lowest BCUT2D eigenvalue weighted by molar-refractivity contribution is 0.175. The van der Waals surface area contributed by atoms with Gasteiger partial charge in [-0.1, -0.05) is 25.0 Å². The number of ether oxygens (including phenoxy) is 2. The molecule has 8 nitrogen and oxygen atoms in total. The Bertz CT molecular complexity index is 1120. The van der Waals surface area contributed by atoms with Gasteiger partial charge in [-0.25, -0.2) is 9.67 Å². The van der Waals surface area contributed by atoms with E-state index in [0.717, 1.165) is 43.9 Å². The van der Waals surface area contributed by atoms with Gasteiger partial charge in [0.2, 0.25) is 0 Å². The number of hydrogen-bond donors (Lipinski definition) is 1. The summed E-state index contributed by atoms with van der Waals surface area (Å²) in [4.78, 5) is 22.9. The molecule has 5 rings (SSSR count). The minimum Gasteiger partial charge on any atom is -0.493 e. The predicted molar refractivity (Wildman–Crippen MR) is 118 cm³/mol. The first-order valence-electron chi connectivity index (χ1n) is 11.1. The molecule has 0 unspecified atom stereocenters. The van der Waals surface area contributed by atoms with Crippen molar-refractivity contribution in [1.29, 1.82) is 0 Å². The summed E-state index contributed by atoms with van der Waals surface area (Å²) in [5.74, 6) is 2.19. The van der Waals surface area contributed by atoms with Crippen LogP contribution in [-0.4, -0.2) is 51.0 Å². The third-order valence-electron chi connectivity index (χ3n) is 6.63. The highest BCUT2D eigenvalue weighted by atomic mass is 16.5. The van der Waals surface area contributed by atoms with Crippen molar-refractivity contribution in [3.8, 4) is 11.5 Å². The lowest BCUT2D eigenvalue weighted by Crippen LogP contribution is -2.30. The number of aromatic nitrogens is 4. The molecule has 164 valence electrons. The van der Waals surface area contributed by atoms with Crippen molar-refractivity contribution in [3.63, 3.8) is 0 Å². The van der Waals surface area contributed by atoms with Gasteiger partial charge in [0.05, 0.1) is 25.4 Å². The standard InChI is InChI=1S/C23H29N5O3/c1-15(27-12-11-17(14-27)31-20-10-6-5-9-19(20)30-2)21-25-22-18(23(29)26-21)13-24-28(22)16-7-3-4-8-16/h5-6,9-10,13,15-17H,3-4,7-8,11-12,14H2,1-2H3,(H,25,26,29)/t15-,17-/m1/s1. The average Bonchev–Trinajstić information content (AvgIpc) is 3.54. The van der Waals surface area contributed by atoms with Gasteiger partial charge in [-0.3, -0.25) is 9.69 Å². The van der Waals surface area contributed by atoms with E-state index in [0.29, 0.717) is 22.9 Å². The zero-order valence-corrected chi connectivity index (χ0v) is 18.1. The lowest BCUT2D eigenvalue weighted by atomic mass is 10.2. The summed E-state index contributed by atoms with van der Waals surface area (Å²) < 4.78 is 13.6. The number of rotatable bonds is 6. The van der Waals surface area contributed by atoms with Crippen molar-refractivity contribution >= 4 is 11.0 Å². The van der Waals surface area contributed by atoms with Crippen molar-refractivity contribution in [2.75, 3.05) is 20.2 Å². The van der Waals surface area contributed by atoms with Gasteiger partial charge >= 0.3 is 0 Å². The zero-order chi connectivity index (χ0) is 21.4. The lowest BCUT2D eigenvalue weighted by Gasteiger charge is -2.24. The van der Waals surface area contributed by atoms with Crippen molar-refractivity contribution in [2.45, 2.75) is 57.2 Å². The number of fused-ring (bicyclic) bond motifs is 1. The second kappa shape index (κ2) is 8.34. The maximum Gasteiger partial charge on any atom is 0.262 e. The van der Waals surface area contributed by atoms with E-state index < -0.39 is 0 Å². The number of para-hydroxylation sites is 2. The van der Waals surface area contributed by atoms with E-state index in [2.05, 4.69) is 21.9 Å². The first kappa shape index (κ1) is 20.1. The second-order valence-electron chi connectivity index (χ2n) is 8.57. The molecular weight excluding hydrogens is 394 g/mol. The molecule has 1 aliphatic heterocycles. The number of nitrogens with zero attached hydrogens (tertiary/aromatic N) is 4. The number of benzene rings is 1. The summed E-state index contributed by atoms with van der Waals surface area (Å²) in [6.45, 7) is 3.74. The Kier molecular flexibility index (Phi) is 5.40. The molecule has 1 aromatic carbocycles. The van der Waals surface area contributed by atoms with Gasteiger partial charge < -0.3 is 14.5 Å². The highest BCUT2D eigenvalue weighted by Crippen LogP contribution is 2.32. The van der Waals surface area contributed by atoms with Crippen LogP contribution in [0.1, 0.15) is 56.9 Å². The number of methoxy groups -OCH3 is 1. The van der Waals surface area contributed by atoms with E-state index >= 15 is 0 Å². The minimum absolute atomic E-state index is 0.0182. The number of aromatic amines is 1. The van der Waals surface area contributed by atoms with Crippen molar-refractivity contribution in [3.05, 3.63) is 46.6 Å². The SMILES string of the molecule is COc1ccccc1O[C@@H]1CCN([C@H](C)c2nc3c(cnn3C3CCCC3)c(=O)[nH]2)C1. The van der Waals surface area contributed by atoms with Crippen molar-refractivity contribution in [2.24, 2.45) is 0 Å². The fourth-order valence-electron chi connectivity index (χ4n) is 4.84. The number of nitrogens with one attached hydrogen (secondary N) is 1. The van der Waals surface area contributed by atoms with E-state index in [1.165, 1.54) is 12.8 Å². The van der Waals surface area contributed by atoms with E-state index in [4.69, 9.17) is 14.5 Å². The van der Waals surface area contributed by atoms with Crippen LogP contribution in [0.3, 0.4) is 0 Å². The van der Waals surface area contributed by atoms with Crippen LogP contribution in [0.2, 0.25) is 0 Å². The van der Waals surface area contributed by atoms with Crippen LogP contribution >= 0.6 is 0 Å². The maximum atomic E-state index is 12.7. The van der Waals surface area contributed by atoms with Crippen LogP contribution in [0.4, 0.5) is 0 Å². The van der Waals surface area contributed by atoms with Crippen LogP contribution in [-0.2, 0) is 0 Å². The normalized spacial score (nSPS) is 21.0. The summed E-state index contributed by atoms with van der Waals surface area (Å²) in [5.41, 5.74) is 0.593. The monoisotopic (exact) mass is 423 g/mol. The molecular formula is C23H29N5O3. The molecule has 0 spiro atoms. The molecule has 0 radical (unpaired) electrons. The van der Waals surface area contributed by atoms with Gasteiger partial charge in [0.1, 0.15) is 17.3 Å². The molecule has 2 fully saturated rings. The Morgan fingerprint density at radius 1 is 1.16 bits per heavy atom. The first-order chi connectivity index (χ1) is 15.1. The molecule has 3 heterocycles. The first-order valence-corrected chi connectivity index (χ1v) is 11.1. The van der Waals surface area contributed by atoms with Gasteiger partial charge in [-0.05, 0) is 38.3 Å². The third-order valence-corrected chi connectivity index (χ3v) is 6.63. The summed E-state index contributed by atoms with van der Waals surface area (Å²) >= 11 is 0. The van der Waals surface area contributed by atoms with Gasteiger partial charge in [0.25, 0.3) is 5.56 Å². The summed E-state index contributed by atoms with van der Waals surface area (Å²) in [7, 11) is 1.65. The van der Waals surface area contributed by atoms with Crippen molar-refractivity contribution < 1.29 is 9.47 Å². The molecule has 2 aromatic heterocycles. The maximum absolute atomic E-state index is 12.7. The molecule has 8 heteroatoms. The van der Waals surface area contributed by atoms with E-state index in [1.807, 2.05) is 28.9 Å². The second-order valence-corrected chi connectivity index (χ2v) is 8.57. The van der Waals surface area contributed by atoms with E-state index in [9.17, 15) is 4.79 Å². The molecule has 0 amide bonds. The van der Waals surface area contributed by atoms with Crippen LogP contribution in [0.25, 0.3) is 11.0 Å². The molecule has 1 aliphatic carbocycles. The van der Waals surface area contributed by atoms with E-state index in [1.54, 1.807) is 13.3 Å². The van der Waals surface area contributed by atoms with Crippen LogP contribution in [0.15, 0.2) is 35.3 Å². The topological polar surface area (TPSA) is 85.3 Å². The van der Waals surface area contributed by atoms with Crippen LogP contribution in [0.5, 0.6) is 11.5 Å². The molecule has 1 saturated heterocycles. The largest absolute Gasteiger partial charge is 0.493 e. The van der Waals surface area contributed by atoms with Gasteiger partial charge in [-0.2, -0.15) is 5.10 Å². The fourth-order valence-corrected chi connectivity index (χ4v) is 4.84.